The summed E-state index contributed by atoms with van der Waals surface area (Å²) in [4.78, 5) is 50.2. The lowest BCUT2D eigenvalue weighted by Gasteiger charge is -2.01. The minimum Gasteiger partial charge on any atom is -0.321 e. The molecule has 20 heavy (non-hydrogen) atoms. The Morgan fingerprint density at radius 1 is 1.55 bits per heavy atom. The van der Waals surface area contributed by atoms with Gasteiger partial charge in [0.1, 0.15) is 6.33 Å². The van der Waals surface area contributed by atoms with Crippen LogP contribution in [-0.4, -0.2) is 35.2 Å². The molecule has 2 aromatic rings. The lowest BCUT2D eigenvalue weighted by molar-refractivity contribution is -0.114. The molecule has 4 N–H and O–H groups in total. The summed E-state index contributed by atoms with van der Waals surface area (Å²) in [5.41, 5.74) is -0.543. The first-order valence-corrected chi connectivity index (χ1v) is 6.93. The Morgan fingerprint density at radius 3 is 2.85 bits per heavy atom. The van der Waals surface area contributed by atoms with Crippen molar-refractivity contribution >= 4 is 36.8 Å². The molecule has 0 bridgehead atoms. The second-order valence-corrected chi connectivity index (χ2v) is 5.28. The standard InChI is InChI=1S/C9H10N5O5P/c1-5(15)11-9-12-7-6(8(16)13-9)10-4-14(7)2-3-20(17,18)19/h2-4H,1H3,(H2,17,18,19)(H2,11,12,13,15,16)/b3-2+. The number of amides is 1. The summed E-state index contributed by atoms with van der Waals surface area (Å²) in [7, 11) is -4.34. The van der Waals surface area contributed by atoms with Crippen LogP contribution in [0.1, 0.15) is 6.92 Å². The molecule has 0 spiro atoms. The molecule has 0 unspecified atom stereocenters. The molecule has 106 valence electrons. The summed E-state index contributed by atoms with van der Waals surface area (Å²) in [6.07, 6.45) is 2.22. The number of hydrogen-bond acceptors (Lipinski definition) is 5. The number of fused-ring (bicyclic) bond motifs is 1. The molecular weight excluding hydrogens is 289 g/mol. The highest BCUT2D eigenvalue weighted by molar-refractivity contribution is 7.55. The molecule has 0 atom stereocenters. The molecule has 0 saturated heterocycles. The van der Waals surface area contributed by atoms with Crippen LogP contribution in [0.5, 0.6) is 0 Å². The van der Waals surface area contributed by atoms with Gasteiger partial charge in [-0.15, -0.1) is 0 Å². The van der Waals surface area contributed by atoms with E-state index in [-0.39, 0.29) is 17.1 Å². The Kier molecular flexibility index (Phi) is 3.53. The Morgan fingerprint density at radius 2 is 2.25 bits per heavy atom. The van der Waals surface area contributed by atoms with E-state index in [2.05, 4.69) is 20.3 Å². The lowest BCUT2D eigenvalue weighted by atomic mass is 10.5. The number of rotatable bonds is 3. The zero-order valence-electron chi connectivity index (χ0n) is 10.1. The van der Waals surface area contributed by atoms with Crippen molar-refractivity contribution in [2.75, 3.05) is 5.32 Å². The van der Waals surface area contributed by atoms with Gasteiger partial charge >= 0.3 is 7.60 Å². The smallest absolute Gasteiger partial charge is 0.321 e. The minimum atomic E-state index is -4.34. The van der Waals surface area contributed by atoms with Gasteiger partial charge in [-0.25, -0.2) is 4.98 Å². The van der Waals surface area contributed by atoms with Crippen LogP contribution >= 0.6 is 7.60 Å². The van der Waals surface area contributed by atoms with Crippen LogP contribution in [0.3, 0.4) is 0 Å². The second kappa shape index (κ2) is 5.00. The molecule has 2 aromatic heterocycles. The zero-order valence-corrected chi connectivity index (χ0v) is 11.0. The first kappa shape index (κ1) is 14.1. The van der Waals surface area contributed by atoms with Gasteiger partial charge in [-0.3, -0.25) is 29.0 Å². The minimum absolute atomic E-state index is 0.0190. The van der Waals surface area contributed by atoms with Crippen LogP contribution < -0.4 is 10.9 Å². The molecule has 0 aliphatic heterocycles. The summed E-state index contributed by atoms with van der Waals surface area (Å²) in [6.45, 7) is 1.25. The van der Waals surface area contributed by atoms with E-state index in [1.165, 1.54) is 13.3 Å². The highest BCUT2D eigenvalue weighted by Crippen LogP contribution is 2.36. The quantitative estimate of drug-likeness (QED) is 0.567. The maximum Gasteiger partial charge on any atom is 0.350 e. The topological polar surface area (TPSA) is 150 Å². The van der Waals surface area contributed by atoms with Crippen LogP contribution in [-0.2, 0) is 9.36 Å². The van der Waals surface area contributed by atoms with Crippen molar-refractivity contribution in [2.45, 2.75) is 6.92 Å². The Hall–Kier alpha value is -2.29. The summed E-state index contributed by atoms with van der Waals surface area (Å²) >= 11 is 0. The fourth-order valence-electron chi connectivity index (χ4n) is 1.42. The number of imidazole rings is 1. The van der Waals surface area contributed by atoms with E-state index in [0.29, 0.717) is 5.82 Å². The van der Waals surface area contributed by atoms with Crippen LogP contribution in [0.25, 0.3) is 17.4 Å². The van der Waals surface area contributed by atoms with Gasteiger partial charge in [0.15, 0.2) is 11.2 Å². The van der Waals surface area contributed by atoms with Crippen molar-refractivity contribution in [1.82, 2.24) is 19.5 Å². The third-order valence-corrected chi connectivity index (χ3v) is 2.67. The monoisotopic (exact) mass is 299 g/mol. The van der Waals surface area contributed by atoms with Crippen molar-refractivity contribution < 1.29 is 19.1 Å². The molecule has 2 heterocycles. The third kappa shape index (κ3) is 3.18. The fourth-order valence-corrected chi connectivity index (χ4v) is 1.74. The van der Waals surface area contributed by atoms with E-state index in [1.807, 2.05) is 0 Å². The molecule has 0 saturated carbocycles. The van der Waals surface area contributed by atoms with Gasteiger partial charge in [-0.2, -0.15) is 4.98 Å². The normalized spacial score (nSPS) is 12.2. The predicted octanol–water partition coefficient (Wildman–Crippen LogP) is -0.316. The van der Waals surface area contributed by atoms with E-state index in [9.17, 15) is 14.2 Å². The maximum atomic E-state index is 11.7. The first-order valence-electron chi connectivity index (χ1n) is 5.25. The van der Waals surface area contributed by atoms with Gasteiger partial charge < -0.3 is 9.79 Å². The van der Waals surface area contributed by atoms with Crippen LogP contribution in [0.15, 0.2) is 16.9 Å². The van der Waals surface area contributed by atoms with Crippen LogP contribution in [0.4, 0.5) is 5.95 Å². The Balaban J connectivity index is 2.55. The zero-order chi connectivity index (χ0) is 14.9. The van der Waals surface area contributed by atoms with Gasteiger partial charge in [-0.1, -0.05) is 0 Å². The summed E-state index contributed by atoms with van der Waals surface area (Å²) in [5, 5.41) is 2.30. The molecule has 2 rings (SSSR count). The predicted molar refractivity (Wildman–Crippen MR) is 69.8 cm³/mol. The lowest BCUT2D eigenvalue weighted by Crippen LogP contribution is -2.16. The second-order valence-electron chi connectivity index (χ2n) is 3.81. The van der Waals surface area contributed by atoms with Crippen LogP contribution in [0, 0.1) is 0 Å². The van der Waals surface area contributed by atoms with E-state index in [1.54, 1.807) is 0 Å². The van der Waals surface area contributed by atoms with Gasteiger partial charge in [0.05, 0.1) is 0 Å². The molecule has 0 aromatic carbocycles. The third-order valence-electron chi connectivity index (χ3n) is 2.15. The molecule has 0 aliphatic carbocycles. The molecule has 0 fully saturated rings. The molecule has 10 nitrogen and oxygen atoms in total. The number of nitrogens with zero attached hydrogens (tertiary/aromatic N) is 3. The first-order chi connectivity index (χ1) is 9.26. The Bertz CT molecular complexity index is 801. The summed E-state index contributed by atoms with van der Waals surface area (Å²) < 4.78 is 11.9. The average molecular weight is 299 g/mol. The number of carbonyl (C=O) groups excluding carboxylic acids is 1. The van der Waals surface area contributed by atoms with E-state index >= 15 is 0 Å². The van der Waals surface area contributed by atoms with Gasteiger partial charge in [0.2, 0.25) is 11.9 Å². The number of aromatic nitrogens is 4. The molecule has 0 radical (unpaired) electrons. The van der Waals surface area contributed by atoms with Gasteiger partial charge in [0.25, 0.3) is 5.56 Å². The van der Waals surface area contributed by atoms with Gasteiger partial charge in [0, 0.05) is 18.9 Å². The van der Waals surface area contributed by atoms with Crippen LogP contribution in [0.2, 0.25) is 0 Å². The molecular formula is C9H10N5O5P. The average Bonchev–Trinajstić information content (AvgIpc) is 2.68. The van der Waals surface area contributed by atoms with Crippen molar-refractivity contribution in [1.29, 1.82) is 0 Å². The SMILES string of the molecule is CC(=O)Nc1nc2c(ncn2/C=C/P(=O)(O)O)c(=O)[nH]1. The molecule has 1 amide bonds. The number of nitrogens with one attached hydrogen (secondary N) is 2. The highest BCUT2D eigenvalue weighted by Gasteiger charge is 2.11. The molecule has 11 heteroatoms. The van der Waals surface area contributed by atoms with Crippen molar-refractivity contribution in [3.63, 3.8) is 0 Å². The number of aromatic amines is 1. The van der Waals surface area contributed by atoms with Crippen molar-refractivity contribution in [3.05, 3.63) is 22.5 Å². The summed E-state index contributed by atoms with van der Waals surface area (Å²) in [6, 6.07) is 0. The van der Waals surface area contributed by atoms with Crippen molar-refractivity contribution in [3.8, 4) is 0 Å². The number of H-pyrrole nitrogens is 1. The van der Waals surface area contributed by atoms with Crippen molar-refractivity contribution in [2.24, 2.45) is 0 Å². The largest absolute Gasteiger partial charge is 0.350 e. The maximum absolute atomic E-state index is 11.7. The van der Waals surface area contributed by atoms with Gasteiger partial charge in [-0.05, 0) is 0 Å². The Labute approximate surface area is 111 Å². The highest BCUT2D eigenvalue weighted by atomic mass is 31.2. The van der Waals surface area contributed by atoms with E-state index in [4.69, 9.17) is 9.79 Å². The number of carbonyl (C=O) groups is 1. The number of anilines is 1. The molecule has 0 aliphatic rings. The van der Waals surface area contributed by atoms with E-state index in [0.717, 1.165) is 10.8 Å². The number of hydrogen-bond donors (Lipinski definition) is 4. The fraction of sp³-hybridized carbons (Fsp3) is 0.111. The summed E-state index contributed by atoms with van der Waals surface area (Å²) in [5.74, 6) is 0.139. The van der Waals surface area contributed by atoms with E-state index < -0.39 is 19.1 Å².